The van der Waals surface area contributed by atoms with Gasteiger partial charge in [-0.1, -0.05) is 30.3 Å². The van der Waals surface area contributed by atoms with E-state index in [1.807, 2.05) is 48.5 Å². The van der Waals surface area contributed by atoms with Crippen molar-refractivity contribution in [2.75, 3.05) is 26.2 Å². The van der Waals surface area contributed by atoms with E-state index in [-0.39, 0.29) is 30.1 Å². The number of aryl methyl sites for hydroxylation is 1. The summed E-state index contributed by atoms with van der Waals surface area (Å²) in [5.41, 5.74) is 2.13. The summed E-state index contributed by atoms with van der Waals surface area (Å²) < 4.78 is 6.12. The topological polar surface area (TPSA) is 65.5 Å². The van der Waals surface area contributed by atoms with Crippen LogP contribution in [0.5, 0.6) is 5.75 Å². The van der Waals surface area contributed by atoms with Crippen molar-refractivity contribution in [3.05, 3.63) is 60.4 Å². The molecule has 0 aliphatic carbocycles. The van der Waals surface area contributed by atoms with Crippen molar-refractivity contribution in [3.63, 3.8) is 0 Å². The van der Waals surface area contributed by atoms with E-state index in [0.717, 1.165) is 80.4 Å². The van der Waals surface area contributed by atoms with Gasteiger partial charge in [-0.3, -0.25) is 4.99 Å². The molecule has 1 saturated heterocycles. The Labute approximate surface area is 201 Å². The summed E-state index contributed by atoms with van der Waals surface area (Å²) in [5.74, 6) is 3.01. The highest BCUT2D eigenvalue weighted by atomic mass is 127. The predicted octanol–water partition coefficient (Wildman–Crippen LogP) is 4.62. The van der Waals surface area contributed by atoms with Gasteiger partial charge in [0.2, 0.25) is 0 Å². The highest BCUT2D eigenvalue weighted by Gasteiger charge is 2.22. The fraction of sp³-hybridized carbons (Fsp3) is 0.417. The maximum absolute atomic E-state index is 6.12. The van der Waals surface area contributed by atoms with Crippen molar-refractivity contribution < 1.29 is 4.74 Å². The number of fused-ring (bicyclic) bond motifs is 1. The summed E-state index contributed by atoms with van der Waals surface area (Å²) in [4.78, 5) is 15.3. The van der Waals surface area contributed by atoms with Gasteiger partial charge in [0.25, 0.3) is 0 Å². The first-order valence-corrected chi connectivity index (χ1v) is 11.0. The van der Waals surface area contributed by atoms with Crippen LogP contribution in [0.25, 0.3) is 11.0 Å². The highest BCUT2D eigenvalue weighted by Crippen LogP contribution is 2.19. The predicted molar refractivity (Wildman–Crippen MR) is 137 cm³/mol. The zero-order valence-electron chi connectivity index (χ0n) is 18.1. The number of nitrogens with zero attached hydrogens (tertiary/aromatic N) is 3. The first-order valence-electron chi connectivity index (χ1n) is 11.0. The van der Waals surface area contributed by atoms with E-state index in [1.165, 1.54) is 0 Å². The molecule has 7 heteroatoms. The van der Waals surface area contributed by atoms with Crippen LogP contribution in [0.1, 0.15) is 32.0 Å². The number of nitrogens with one attached hydrogen (secondary N) is 2. The Morgan fingerprint density at radius 1 is 1.13 bits per heavy atom. The van der Waals surface area contributed by atoms with Crippen LogP contribution in [-0.4, -0.2) is 53.1 Å². The molecule has 0 saturated carbocycles. The van der Waals surface area contributed by atoms with Gasteiger partial charge in [-0.05, 0) is 37.6 Å². The Hall–Kier alpha value is -2.29. The molecule has 2 N–H and O–H groups in total. The number of imidazole rings is 1. The van der Waals surface area contributed by atoms with E-state index in [4.69, 9.17) is 9.73 Å². The van der Waals surface area contributed by atoms with Crippen LogP contribution in [-0.2, 0) is 6.42 Å². The van der Waals surface area contributed by atoms with Crippen LogP contribution in [0.15, 0.2) is 59.6 Å². The van der Waals surface area contributed by atoms with E-state index in [0.29, 0.717) is 0 Å². The smallest absolute Gasteiger partial charge is 0.193 e. The summed E-state index contributed by atoms with van der Waals surface area (Å²) >= 11 is 0. The third kappa shape index (κ3) is 6.59. The van der Waals surface area contributed by atoms with Gasteiger partial charge >= 0.3 is 0 Å². The Bertz CT molecular complexity index is 918. The summed E-state index contributed by atoms with van der Waals surface area (Å²) in [5, 5.41) is 3.45. The Balaban J connectivity index is 0.00000272. The van der Waals surface area contributed by atoms with Crippen LogP contribution in [0.4, 0.5) is 0 Å². The molecule has 0 spiro atoms. The third-order valence-electron chi connectivity index (χ3n) is 5.39. The van der Waals surface area contributed by atoms with Crippen molar-refractivity contribution in [2.45, 2.75) is 38.7 Å². The second-order valence-corrected chi connectivity index (χ2v) is 7.66. The molecule has 2 aromatic carbocycles. The van der Waals surface area contributed by atoms with Crippen molar-refractivity contribution in [3.8, 4) is 5.75 Å². The van der Waals surface area contributed by atoms with Crippen LogP contribution < -0.4 is 10.1 Å². The minimum absolute atomic E-state index is 0. The fourth-order valence-electron chi connectivity index (χ4n) is 3.86. The fourth-order valence-corrected chi connectivity index (χ4v) is 3.86. The summed E-state index contributed by atoms with van der Waals surface area (Å²) in [7, 11) is 0. The lowest BCUT2D eigenvalue weighted by molar-refractivity contribution is 0.129. The van der Waals surface area contributed by atoms with Crippen LogP contribution in [0, 0.1) is 0 Å². The molecule has 3 aromatic rings. The summed E-state index contributed by atoms with van der Waals surface area (Å²) in [6.07, 6.45) is 4.18. The summed E-state index contributed by atoms with van der Waals surface area (Å²) in [6.45, 7) is 5.72. The molecule has 6 nitrogen and oxygen atoms in total. The molecule has 0 unspecified atom stereocenters. The summed E-state index contributed by atoms with van der Waals surface area (Å²) in [6, 6.07) is 18.3. The monoisotopic (exact) mass is 533 g/mol. The molecule has 1 fully saturated rings. The minimum atomic E-state index is 0. The van der Waals surface area contributed by atoms with E-state index in [2.05, 4.69) is 33.2 Å². The molecule has 4 rings (SSSR count). The van der Waals surface area contributed by atoms with E-state index in [1.54, 1.807) is 0 Å². The number of para-hydroxylation sites is 3. The molecule has 31 heavy (non-hydrogen) atoms. The number of aliphatic imine (C=N–C) groups is 1. The lowest BCUT2D eigenvalue weighted by Gasteiger charge is -2.34. The van der Waals surface area contributed by atoms with Gasteiger partial charge in [0.15, 0.2) is 5.96 Å². The lowest BCUT2D eigenvalue weighted by Crippen LogP contribution is -2.47. The Kier molecular flexibility index (Phi) is 8.99. The number of aromatic nitrogens is 2. The molecule has 0 radical (unpaired) electrons. The molecule has 0 bridgehead atoms. The lowest BCUT2D eigenvalue weighted by atomic mass is 10.1. The first kappa shape index (κ1) is 23.4. The Morgan fingerprint density at radius 2 is 1.87 bits per heavy atom. The van der Waals surface area contributed by atoms with Gasteiger partial charge in [0.1, 0.15) is 17.7 Å². The maximum atomic E-state index is 6.12. The number of halogens is 1. The third-order valence-corrected chi connectivity index (χ3v) is 5.39. The molecule has 166 valence electrons. The zero-order valence-corrected chi connectivity index (χ0v) is 20.4. The van der Waals surface area contributed by atoms with Crippen LogP contribution in [0.2, 0.25) is 0 Å². The molecule has 0 atom stereocenters. The average Bonchev–Trinajstić information content (AvgIpc) is 3.20. The molecule has 1 aromatic heterocycles. The quantitative estimate of drug-likeness (QED) is 0.201. The number of guanidine groups is 1. The van der Waals surface area contributed by atoms with Crippen LogP contribution >= 0.6 is 24.0 Å². The second kappa shape index (κ2) is 11.9. The maximum Gasteiger partial charge on any atom is 0.193 e. The number of hydrogen-bond donors (Lipinski definition) is 2. The van der Waals surface area contributed by atoms with Gasteiger partial charge in [0, 0.05) is 45.4 Å². The normalized spacial score (nSPS) is 15.0. The number of likely N-dealkylation sites (tertiary alicyclic amines) is 1. The SMILES string of the molecule is CCNC(=NCCCc1nc2ccccc2[nH]1)N1CCC(Oc2ccccc2)CC1.I. The number of hydrogen-bond acceptors (Lipinski definition) is 3. The largest absolute Gasteiger partial charge is 0.490 e. The molecule has 1 aliphatic heterocycles. The van der Waals surface area contributed by atoms with Crippen molar-refractivity contribution >= 4 is 41.0 Å². The zero-order chi connectivity index (χ0) is 20.6. The highest BCUT2D eigenvalue weighted by molar-refractivity contribution is 14.0. The molecule has 2 heterocycles. The van der Waals surface area contributed by atoms with Crippen molar-refractivity contribution in [2.24, 2.45) is 4.99 Å². The molecule has 1 aliphatic rings. The number of rotatable bonds is 7. The van der Waals surface area contributed by atoms with E-state index >= 15 is 0 Å². The number of piperidine rings is 1. The Morgan fingerprint density at radius 3 is 2.61 bits per heavy atom. The van der Waals surface area contributed by atoms with Gasteiger partial charge in [-0.25, -0.2) is 4.98 Å². The van der Waals surface area contributed by atoms with Crippen molar-refractivity contribution in [1.29, 1.82) is 0 Å². The van der Waals surface area contributed by atoms with Crippen molar-refractivity contribution in [1.82, 2.24) is 20.2 Å². The van der Waals surface area contributed by atoms with Gasteiger partial charge in [-0.2, -0.15) is 0 Å². The standard InChI is InChI=1S/C24H31N5O.HI/c1-2-25-24(26-16-8-13-23-27-21-11-6-7-12-22(21)28-23)29-17-14-20(15-18-29)30-19-9-4-3-5-10-19;/h3-7,9-12,20H,2,8,13-18H2,1H3,(H,25,26)(H,27,28);1H. The van der Waals surface area contributed by atoms with E-state index < -0.39 is 0 Å². The number of H-pyrrole nitrogens is 1. The molecular weight excluding hydrogens is 501 g/mol. The first-order chi connectivity index (χ1) is 14.8. The second-order valence-electron chi connectivity index (χ2n) is 7.66. The number of benzene rings is 2. The van der Waals surface area contributed by atoms with Gasteiger partial charge in [-0.15, -0.1) is 24.0 Å². The number of ether oxygens (including phenoxy) is 1. The minimum Gasteiger partial charge on any atom is -0.490 e. The van der Waals surface area contributed by atoms with Gasteiger partial charge < -0.3 is 19.9 Å². The molecular formula is C24H32IN5O. The van der Waals surface area contributed by atoms with Gasteiger partial charge in [0.05, 0.1) is 11.0 Å². The number of aromatic amines is 1. The average molecular weight is 533 g/mol. The van der Waals surface area contributed by atoms with Crippen LogP contribution in [0.3, 0.4) is 0 Å². The molecule has 0 amide bonds. The van der Waals surface area contributed by atoms with E-state index in [9.17, 15) is 0 Å².